The molecule has 21 atom stereocenters. The molecule has 0 N–H and O–H groups in total. The van der Waals surface area contributed by atoms with E-state index in [0.717, 1.165) is 141 Å². The number of hydrogen-bond donors (Lipinski definition) is 0. The van der Waals surface area contributed by atoms with Crippen molar-refractivity contribution in [2.45, 2.75) is 148 Å². The van der Waals surface area contributed by atoms with E-state index in [1.807, 2.05) is 12.2 Å². The Morgan fingerprint density at radius 1 is 0.159 bits per heavy atom. The minimum atomic E-state index is 0.321. The first kappa shape index (κ1) is 82.3. The van der Waals surface area contributed by atoms with Gasteiger partial charge in [-0.2, -0.15) is 0 Å². The quantitative estimate of drug-likeness (QED) is 0.0533. The maximum atomic E-state index is 4.36. The summed E-state index contributed by atoms with van der Waals surface area (Å²) in [7, 11) is 0. The van der Waals surface area contributed by atoms with E-state index >= 15 is 0 Å². The first-order valence-corrected chi connectivity index (χ1v) is 34.2. The second kappa shape index (κ2) is 51.1. The van der Waals surface area contributed by atoms with Crippen molar-refractivity contribution in [1.82, 2.24) is 0 Å². The van der Waals surface area contributed by atoms with Gasteiger partial charge in [0.15, 0.2) is 0 Å². The average Bonchev–Trinajstić information content (AvgIpc) is 3.75. The molecule has 0 saturated carbocycles. The summed E-state index contributed by atoms with van der Waals surface area (Å²) >= 11 is 0. The van der Waals surface area contributed by atoms with Crippen LogP contribution in [0.15, 0.2) is 278 Å². The van der Waals surface area contributed by atoms with Crippen molar-refractivity contribution in [3.63, 3.8) is 0 Å². The zero-order chi connectivity index (χ0) is 66.2. The lowest BCUT2D eigenvalue weighted by Gasteiger charge is -2.29. The van der Waals surface area contributed by atoms with Gasteiger partial charge in [0.05, 0.1) is 0 Å². The lowest BCUT2D eigenvalue weighted by molar-refractivity contribution is 0.301. The zero-order valence-corrected chi connectivity index (χ0v) is 56.9. The van der Waals surface area contributed by atoms with E-state index in [0.29, 0.717) is 124 Å². The largest absolute Gasteiger partial charge is 0.103 e. The van der Waals surface area contributed by atoms with Crippen LogP contribution in [-0.2, 0) is 0 Å². The van der Waals surface area contributed by atoms with Crippen LogP contribution in [0.25, 0.3) is 0 Å². The van der Waals surface area contributed by atoms with Gasteiger partial charge in [0.25, 0.3) is 0 Å². The topological polar surface area (TPSA) is 0 Å². The van der Waals surface area contributed by atoms with Crippen LogP contribution in [0.1, 0.15) is 148 Å². The summed E-state index contributed by atoms with van der Waals surface area (Å²) in [6.45, 7) is 96.1. The van der Waals surface area contributed by atoms with Gasteiger partial charge in [-0.15, -0.1) is 145 Å². The number of hydrogen-bond acceptors (Lipinski definition) is 0. The van der Waals surface area contributed by atoms with Crippen molar-refractivity contribution in [3.05, 3.63) is 278 Å². The van der Waals surface area contributed by atoms with Gasteiger partial charge in [0.2, 0.25) is 0 Å². The van der Waals surface area contributed by atoms with Crippen LogP contribution in [0.3, 0.4) is 0 Å². The molecule has 0 heteroatoms. The first-order chi connectivity index (χ1) is 42.4. The van der Waals surface area contributed by atoms with Gasteiger partial charge in [0, 0.05) is 0 Å². The van der Waals surface area contributed by atoms with E-state index in [1.165, 1.54) is 0 Å². The third kappa shape index (κ3) is 34.9. The van der Waals surface area contributed by atoms with Crippen LogP contribution in [0.5, 0.6) is 0 Å². The van der Waals surface area contributed by atoms with Crippen LogP contribution >= 0.6 is 0 Å². The van der Waals surface area contributed by atoms with E-state index in [9.17, 15) is 0 Å². The fourth-order valence-corrected chi connectivity index (χ4v) is 14.1. The van der Waals surface area contributed by atoms with Gasteiger partial charge >= 0.3 is 0 Å². The molecule has 21 unspecified atom stereocenters. The molecule has 88 heavy (non-hydrogen) atoms. The molecule has 0 aliphatic heterocycles. The van der Waals surface area contributed by atoms with Gasteiger partial charge in [-0.1, -0.05) is 141 Å². The van der Waals surface area contributed by atoms with Crippen LogP contribution < -0.4 is 0 Å². The van der Waals surface area contributed by atoms with Crippen LogP contribution in [0.2, 0.25) is 0 Å². The molecule has 0 spiro atoms. The molecule has 0 aliphatic rings. The molecule has 0 saturated heterocycles. The monoisotopic (exact) mass is 1190 g/mol. The smallest absolute Gasteiger partial charge is 0.0225 e. The Morgan fingerprint density at radius 3 is 0.375 bits per heavy atom. The number of allylic oxidation sites excluding steroid dienone is 22. The molecule has 0 radical (unpaired) electrons. The molecular weight excluding hydrogens is 1060 g/mol. The summed E-state index contributed by atoms with van der Waals surface area (Å²) in [5.41, 5.74) is 0. The van der Waals surface area contributed by atoms with Gasteiger partial charge in [-0.3, -0.25) is 0 Å². The molecule has 0 aromatic carbocycles. The summed E-state index contributed by atoms with van der Waals surface area (Å²) in [5.74, 6) is 7.60. The van der Waals surface area contributed by atoms with E-state index in [-0.39, 0.29) is 0 Å². The Hall–Kier alpha value is -5.72. The molecule has 0 amide bonds. The first-order valence-electron chi connectivity index (χ1n) is 34.2. The second-order valence-corrected chi connectivity index (χ2v) is 26.7. The Balaban J connectivity index is 5.73. The van der Waals surface area contributed by atoms with E-state index in [2.05, 4.69) is 273 Å². The fourth-order valence-electron chi connectivity index (χ4n) is 14.1. The molecule has 0 aromatic rings. The molecule has 0 nitrogen and oxygen atoms in total. The predicted molar refractivity (Wildman–Crippen MR) is 405 cm³/mol. The molecule has 486 valence electrons. The minimum Gasteiger partial charge on any atom is -0.103 e. The highest BCUT2D eigenvalue weighted by atomic mass is 14.3. The summed E-state index contributed by atoms with van der Waals surface area (Å²) < 4.78 is 0. The van der Waals surface area contributed by atoms with Crippen LogP contribution in [-0.4, -0.2) is 0 Å². The van der Waals surface area contributed by atoms with Crippen molar-refractivity contribution in [2.24, 2.45) is 124 Å². The highest BCUT2D eigenvalue weighted by Crippen LogP contribution is 2.39. The lowest BCUT2D eigenvalue weighted by atomic mass is 9.76. The van der Waals surface area contributed by atoms with Crippen molar-refractivity contribution >= 4 is 0 Å². The Kier molecular flexibility index (Phi) is 47.7. The molecule has 0 fully saturated rings. The van der Waals surface area contributed by atoms with Crippen LogP contribution in [0.4, 0.5) is 0 Å². The summed E-state index contributed by atoms with van der Waals surface area (Å²) in [6, 6.07) is 0. The van der Waals surface area contributed by atoms with E-state index < -0.39 is 0 Å². The highest BCUT2D eigenvalue weighted by molar-refractivity contribution is 5.03. The van der Waals surface area contributed by atoms with Crippen molar-refractivity contribution in [1.29, 1.82) is 0 Å². The van der Waals surface area contributed by atoms with Gasteiger partial charge < -0.3 is 0 Å². The zero-order valence-electron chi connectivity index (χ0n) is 56.9. The van der Waals surface area contributed by atoms with E-state index in [4.69, 9.17) is 0 Å². The van der Waals surface area contributed by atoms with Gasteiger partial charge in [0.1, 0.15) is 0 Å². The minimum absolute atomic E-state index is 0.321. The van der Waals surface area contributed by atoms with Crippen molar-refractivity contribution in [3.8, 4) is 0 Å². The SMILES string of the molecule is C=CCCC(C=C)CC(C=C)CC(C=C)CC(C=C)CC(C=C)CC(C=C)CC(C=C)CC(C=C)CC(C=C)CC(C=C)CC(C=C)CC(C=C)CC(C=C)CC(C=C)CC(C=C)CC(C=C)CC(C=C)CC(C=C)CC(C=C)CC(C=C)CC(C)C=C. The number of rotatable bonds is 64. The lowest BCUT2D eigenvalue weighted by Crippen LogP contribution is -2.18. The molecular formula is C88H134. The van der Waals surface area contributed by atoms with Crippen LogP contribution in [0, 0.1) is 124 Å². The van der Waals surface area contributed by atoms with E-state index in [1.54, 1.807) is 0 Å². The maximum absolute atomic E-state index is 4.36. The molecule has 0 aromatic heterocycles. The molecule has 0 heterocycles. The molecule has 0 bridgehead atoms. The van der Waals surface area contributed by atoms with Crippen molar-refractivity contribution in [2.75, 3.05) is 0 Å². The molecule has 0 aliphatic carbocycles. The summed E-state index contributed by atoms with van der Waals surface area (Å²) in [6.07, 6.45) is 69.3. The second-order valence-electron chi connectivity index (χ2n) is 26.7. The highest BCUT2D eigenvalue weighted by Gasteiger charge is 2.28. The standard InChI is InChI=1S/C88H134/c1-24-46-47-69(26-3)49-71(28-5)51-73(30-7)53-75(32-9)55-77(34-11)57-79(36-13)59-81(38-15)61-83(40-17)63-85(42-19)65-87(44-21)67-88(45-22)66-86(43-20)64-84(41-18)62-82(39-16)60-80(37-14)58-78(35-12)56-76(33-10)54-74(31-8)52-72(29-6)50-70(27-4)48-68(23)25-2/h24-45,68-88H,1-22,46-67H2,23H3. The summed E-state index contributed by atoms with van der Waals surface area (Å²) in [5, 5.41) is 0. The maximum Gasteiger partial charge on any atom is -0.0225 e. The normalized spacial score (nSPS) is 18.4. The Morgan fingerprint density at radius 2 is 0.273 bits per heavy atom. The third-order valence-corrected chi connectivity index (χ3v) is 20.0. The summed E-state index contributed by atoms with van der Waals surface area (Å²) in [4.78, 5) is 0. The Bertz CT molecular complexity index is 2140. The van der Waals surface area contributed by atoms with Gasteiger partial charge in [-0.05, 0) is 266 Å². The molecule has 0 rings (SSSR count). The average molecular weight is 1190 g/mol. The Labute approximate surface area is 547 Å². The third-order valence-electron chi connectivity index (χ3n) is 20.0. The van der Waals surface area contributed by atoms with Gasteiger partial charge in [-0.25, -0.2) is 0 Å². The fraction of sp³-hybridized carbons (Fsp3) is 0.500. The predicted octanol–water partition coefficient (Wildman–Crippen LogP) is 26.6. The van der Waals surface area contributed by atoms with Crippen molar-refractivity contribution < 1.29 is 0 Å².